The van der Waals surface area contributed by atoms with E-state index in [2.05, 4.69) is 5.32 Å². The van der Waals surface area contributed by atoms with Gasteiger partial charge in [0.15, 0.2) is 0 Å². The summed E-state index contributed by atoms with van der Waals surface area (Å²) in [4.78, 5) is 23.5. The molecule has 3 N–H and O–H groups in total. The van der Waals surface area contributed by atoms with Crippen LogP contribution in [0.2, 0.25) is 0 Å². The quantitative estimate of drug-likeness (QED) is 0.720. The van der Waals surface area contributed by atoms with Gasteiger partial charge in [-0.1, -0.05) is 24.3 Å². The molecule has 1 unspecified atom stereocenters. The molecule has 0 fully saturated rings. The van der Waals surface area contributed by atoms with E-state index in [9.17, 15) is 14.7 Å². The Bertz CT molecular complexity index is 500. The van der Waals surface area contributed by atoms with Crippen LogP contribution < -0.4 is 5.32 Å². The minimum absolute atomic E-state index is 0.0840. The summed E-state index contributed by atoms with van der Waals surface area (Å²) in [6.45, 7) is -0.00141. The van der Waals surface area contributed by atoms with Crippen molar-refractivity contribution in [1.82, 2.24) is 5.32 Å². The molecule has 0 saturated heterocycles. The van der Waals surface area contributed by atoms with E-state index in [0.717, 1.165) is 11.1 Å². The highest BCUT2D eigenvalue weighted by Crippen LogP contribution is 2.41. The van der Waals surface area contributed by atoms with Crippen LogP contribution >= 0.6 is 0 Å². The SMILES string of the molecule is O=C(CC1(C(=O)O)CCc2ccccc21)NCCO. The van der Waals surface area contributed by atoms with E-state index in [1.54, 1.807) is 12.1 Å². The predicted molar refractivity (Wildman–Crippen MR) is 68.8 cm³/mol. The van der Waals surface area contributed by atoms with Gasteiger partial charge < -0.3 is 15.5 Å². The number of aryl methyl sites for hydroxylation is 1. The smallest absolute Gasteiger partial charge is 0.314 e. The molecule has 0 radical (unpaired) electrons. The summed E-state index contributed by atoms with van der Waals surface area (Å²) < 4.78 is 0. The molecule has 5 nitrogen and oxygen atoms in total. The molecule has 5 heteroatoms. The second-order valence-corrected chi connectivity index (χ2v) is 4.79. The minimum atomic E-state index is -1.13. The number of carbonyl (C=O) groups is 2. The van der Waals surface area contributed by atoms with Crippen molar-refractivity contribution in [2.75, 3.05) is 13.2 Å². The van der Waals surface area contributed by atoms with E-state index in [-0.39, 0.29) is 25.5 Å². The average molecular weight is 263 g/mol. The molecule has 0 spiro atoms. The fourth-order valence-corrected chi connectivity index (χ4v) is 2.70. The van der Waals surface area contributed by atoms with Gasteiger partial charge in [-0.15, -0.1) is 0 Å². The summed E-state index contributed by atoms with van der Waals surface area (Å²) in [5.41, 5.74) is 0.609. The third-order valence-electron chi connectivity index (χ3n) is 3.66. The van der Waals surface area contributed by atoms with Crippen LogP contribution in [0.25, 0.3) is 0 Å². The number of hydrogen-bond acceptors (Lipinski definition) is 3. The van der Waals surface area contributed by atoms with E-state index in [1.807, 2.05) is 12.1 Å². The van der Waals surface area contributed by atoms with Gasteiger partial charge in [-0.3, -0.25) is 9.59 Å². The molecular formula is C14H17NO4. The van der Waals surface area contributed by atoms with Gasteiger partial charge in [0.05, 0.1) is 6.61 Å². The number of carboxylic acids is 1. The molecule has 2 rings (SSSR count). The van der Waals surface area contributed by atoms with E-state index in [1.165, 1.54) is 0 Å². The Morgan fingerprint density at radius 1 is 1.32 bits per heavy atom. The number of aliphatic carboxylic acids is 1. The Labute approximate surface area is 111 Å². The zero-order valence-corrected chi connectivity index (χ0v) is 10.6. The topological polar surface area (TPSA) is 86.6 Å². The normalized spacial score (nSPS) is 20.9. The van der Waals surface area contributed by atoms with Gasteiger partial charge in [-0.2, -0.15) is 0 Å². The summed E-state index contributed by atoms with van der Waals surface area (Å²) in [7, 11) is 0. The first-order chi connectivity index (χ1) is 9.10. The number of nitrogens with one attached hydrogen (secondary N) is 1. The predicted octanol–water partition coefficient (Wildman–Crippen LogP) is 0.454. The zero-order valence-electron chi connectivity index (χ0n) is 10.6. The fourth-order valence-electron chi connectivity index (χ4n) is 2.70. The molecule has 0 heterocycles. The van der Waals surface area contributed by atoms with Crippen LogP contribution in [0.4, 0.5) is 0 Å². The molecule has 0 bridgehead atoms. The van der Waals surface area contributed by atoms with Crippen molar-refractivity contribution in [1.29, 1.82) is 0 Å². The lowest BCUT2D eigenvalue weighted by Gasteiger charge is -2.24. The first kappa shape index (κ1) is 13.5. The maximum Gasteiger partial charge on any atom is 0.314 e. The molecule has 1 amide bonds. The second kappa shape index (κ2) is 5.40. The number of aliphatic hydroxyl groups excluding tert-OH is 1. The van der Waals surface area contributed by atoms with Crippen LogP contribution in [0.3, 0.4) is 0 Å². The molecule has 0 saturated carbocycles. The number of aliphatic hydroxyl groups is 1. The van der Waals surface area contributed by atoms with Crippen molar-refractivity contribution in [3.8, 4) is 0 Å². The summed E-state index contributed by atoms with van der Waals surface area (Å²) in [6, 6.07) is 7.37. The van der Waals surface area contributed by atoms with Crippen LogP contribution in [0, 0.1) is 0 Å². The van der Waals surface area contributed by atoms with Crippen LogP contribution in [-0.4, -0.2) is 35.2 Å². The number of benzene rings is 1. The van der Waals surface area contributed by atoms with Crippen LogP contribution in [0.15, 0.2) is 24.3 Å². The van der Waals surface area contributed by atoms with Gasteiger partial charge >= 0.3 is 5.97 Å². The Morgan fingerprint density at radius 3 is 2.74 bits per heavy atom. The number of amides is 1. The zero-order chi connectivity index (χ0) is 13.9. The highest BCUT2D eigenvalue weighted by molar-refractivity contribution is 5.90. The Balaban J connectivity index is 2.26. The summed E-state index contributed by atoms with van der Waals surface area (Å²) in [5.74, 6) is -1.30. The number of fused-ring (bicyclic) bond motifs is 1. The Kier molecular flexibility index (Phi) is 3.85. The Morgan fingerprint density at radius 2 is 2.05 bits per heavy atom. The summed E-state index contributed by atoms with van der Waals surface area (Å²) in [6.07, 6.45) is 1.03. The molecule has 0 aromatic heterocycles. The van der Waals surface area contributed by atoms with Crippen molar-refractivity contribution in [3.05, 3.63) is 35.4 Å². The van der Waals surface area contributed by atoms with E-state index in [0.29, 0.717) is 12.8 Å². The van der Waals surface area contributed by atoms with Crippen LogP contribution in [0.5, 0.6) is 0 Å². The molecule has 102 valence electrons. The minimum Gasteiger partial charge on any atom is -0.481 e. The number of hydrogen-bond donors (Lipinski definition) is 3. The number of rotatable bonds is 5. The van der Waals surface area contributed by atoms with Gasteiger partial charge in [-0.25, -0.2) is 0 Å². The van der Waals surface area contributed by atoms with E-state index in [4.69, 9.17) is 5.11 Å². The highest BCUT2D eigenvalue weighted by Gasteiger charge is 2.46. The lowest BCUT2D eigenvalue weighted by molar-refractivity contribution is -0.146. The van der Waals surface area contributed by atoms with E-state index >= 15 is 0 Å². The lowest BCUT2D eigenvalue weighted by atomic mass is 9.78. The van der Waals surface area contributed by atoms with Gasteiger partial charge in [0.25, 0.3) is 0 Å². The number of carbonyl (C=O) groups excluding carboxylic acids is 1. The van der Waals surface area contributed by atoms with Crippen molar-refractivity contribution < 1.29 is 19.8 Å². The molecule has 1 aliphatic rings. The van der Waals surface area contributed by atoms with Crippen molar-refractivity contribution in [2.24, 2.45) is 0 Å². The molecule has 1 aromatic rings. The molecule has 19 heavy (non-hydrogen) atoms. The second-order valence-electron chi connectivity index (χ2n) is 4.79. The lowest BCUT2D eigenvalue weighted by Crippen LogP contribution is -2.40. The van der Waals surface area contributed by atoms with Gasteiger partial charge in [0, 0.05) is 13.0 Å². The molecule has 1 aliphatic carbocycles. The first-order valence-electron chi connectivity index (χ1n) is 6.29. The van der Waals surface area contributed by atoms with Crippen LogP contribution in [0.1, 0.15) is 24.0 Å². The maximum atomic E-state index is 11.8. The largest absolute Gasteiger partial charge is 0.481 e. The van der Waals surface area contributed by atoms with Gasteiger partial charge in [0.1, 0.15) is 5.41 Å². The van der Waals surface area contributed by atoms with Crippen molar-refractivity contribution in [2.45, 2.75) is 24.7 Å². The monoisotopic (exact) mass is 263 g/mol. The molecular weight excluding hydrogens is 246 g/mol. The Hall–Kier alpha value is -1.88. The summed E-state index contributed by atoms with van der Waals surface area (Å²) in [5, 5.41) is 20.7. The highest BCUT2D eigenvalue weighted by atomic mass is 16.4. The van der Waals surface area contributed by atoms with Gasteiger partial charge in [-0.05, 0) is 24.0 Å². The van der Waals surface area contributed by atoms with Gasteiger partial charge in [0.2, 0.25) is 5.91 Å². The first-order valence-corrected chi connectivity index (χ1v) is 6.29. The van der Waals surface area contributed by atoms with Crippen molar-refractivity contribution in [3.63, 3.8) is 0 Å². The molecule has 0 aliphatic heterocycles. The standard InChI is InChI=1S/C14H17NO4/c16-8-7-15-12(17)9-14(13(18)19)6-5-10-3-1-2-4-11(10)14/h1-4,16H,5-9H2,(H,15,17)(H,18,19). The third kappa shape index (κ3) is 2.46. The van der Waals surface area contributed by atoms with Crippen LogP contribution in [-0.2, 0) is 21.4 Å². The van der Waals surface area contributed by atoms with Crippen molar-refractivity contribution >= 4 is 11.9 Å². The fraction of sp³-hybridized carbons (Fsp3) is 0.429. The number of carboxylic acid groups (broad SMARTS) is 1. The molecule has 1 aromatic carbocycles. The van der Waals surface area contributed by atoms with E-state index < -0.39 is 11.4 Å². The summed E-state index contributed by atoms with van der Waals surface area (Å²) >= 11 is 0. The third-order valence-corrected chi connectivity index (χ3v) is 3.66. The average Bonchev–Trinajstić information content (AvgIpc) is 2.77. The molecule has 1 atom stereocenters. The maximum absolute atomic E-state index is 11.8.